The number of imidazole rings is 1. The zero-order valence-electron chi connectivity index (χ0n) is 10.7. The van der Waals surface area contributed by atoms with Crippen LogP contribution in [0.4, 0.5) is 0 Å². The van der Waals surface area contributed by atoms with Crippen molar-refractivity contribution in [3.05, 3.63) is 30.1 Å². The van der Waals surface area contributed by atoms with Gasteiger partial charge in [0, 0.05) is 17.6 Å². The molecule has 5 heteroatoms. The Morgan fingerprint density at radius 3 is 3.05 bits per heavy atom. The SMILES string of the molecule is N[C@@H]1CCCC[C@H]1NC(=O)c1ccc2nc[nH]c2c1. The van der Waals surface area contributed by atoms with Crippen molar-refractivity contribution in [2.24, 2.45) is 5.73 Å². The lowest BCUT2D eigenvalue weighted by molar-refractivity contribution is 0.0921. The van der Waals surface area contributed by atoms with Gasteiger partial charge in [-0.05, 0) is 31.0 Å². The van der Waals surface area contributed by atoms with Crippen molar-refractivity contribution in [2.45, 2.75) is 37.8 Å². The largest absolute Gasteiger partial charge is 0.348 e. The summed E-state index contributed by atoms with van der Waals surface area (Å²) in [4.78, 5) is 19.4. The summed E-state index contributed by atoms with van der Waals surface area (Å²) in [5, 5.41) is 3.04. The quantitative estimate of drug-likeness (QED) is 0.764. The number of nitrogens with one attached hydrogen (secondary N) is 2. The highest BCUT2D eigenvalue weighted by Crippen LogP contribution is 2.18. The van der Waals surface area contributed by atoms with Gasteiger partial charge in [0.1, 0.15) is 0 Å². The predicted octanol–water partition coefficient (Wildman–Crippen LogP) is 1.56. The van der Waals surface area contributed by atoms with Gasteiger partial charge in [-0.15, -0.1) is 0 Å². The highest BCUT2D eigenvalue weighted by Gasteiger charge is 2.23. The second-order valence-corrected chi connectivity index (χ2v) is 5.16. The van der Waals surface area contributed by atoms with Crippen LogP contribution >= 0.6 is 0 Å². The molecule has 2 atom stereocenters. The Morgan fingerprint density at radius 2 is 2.21 bits per heavy atom. The number of nitrogens with two attached hydrogens (primary N) is 1. The lowest BCUT2D eigenvalue weighted by Crippen LogP contribution is -2.49. The fraction of sp³-hybridized carbons (Fsp3) is 0.429. The van der Waals surface area contributed by atoms with E-state index in [1.54, 1.807) is 12.4 Å². The number of amides is 1. The third-order valence-corrected chi connectivity index (χ3v) is 3.82. The predicted molar refractivity (Wildman–Crippen MR) is 73.8 cm³/mol. The van der Waals surface area contributed by atoms with E-state index in [1.165, 1.54) is 0 Å². The van der Waals surface area contributed by atoms with E-state index in [9.17, 15) is 4.79 Å². The van der Waals surface area contributed by atoms with Gasteiger partial charge in [-0.1, -0.05) is 12.8 Å². The fourth-order valence-corrected chi connectivity index (χ4v) is 2.67. The molecule has 1 aromatic carbocycles. The minimum Gasteiger partial charge on any atom is -0.348 e. The van der Waals surface area contributed by atoms with Gasteiger partial charge in [0.15, 0.2) is 0 Å². The van der Waals surface area contributed by atoms with Crippen LogP contribution in [0.5, 0.6) is 0 Å². The summed E-state index contributed by atoms with van der Waals surface area (Å²) in [5.41, 5.74) is 8.44. The lowest BCUT2D eigenvalue weighted by Gasteiger charge is -2.29. The van der Waals surface area contributed by atoms with Crippen LogP contribution in [0.1, 0.15) is 36.0 Å². The van der Waals surface area contributed by atoms with Gasteiger partial charge in [0.05, 0.1) is 17.4 Å². The van der Waals surface area contributed by atoms with Gasteiger partial charge < -0.3 is 16.0 Å². The number of carbonyl (C=O) groups is 1. The van der Waals surface area contributed by atoms with E-state index < -0.39 is 0 Å². The van der Waals surface area contributed by atoms with E-state index >= 15 is 0 Å². The number of nitrogens with zero attached hydrogens (tertiary/aromatic N) is 1. The molecule has 2 aromatic rings. The molecule has 0 radical (unpaired) electrons. The summed E-state index contributed by atoms with van der Waals surface area (Å²) >= 11 is 0. The average Bonchev–Trinajstić information content (AvgIpc) is 2.88. The number of fused-ring (bicyclic) bond motifs is 1. The van der Waals surface area contributed by atoms with Crippen molar-refractivity contribution in [3.63, 3.8) is 0 Å². The Morgan fingerprint density at radius 1 is 1.37 bits per heavy atom. The maximum Gasteiger partial charge on any atom is 0.251 e. The maximum absolute atomic E-state index is 12.2. The number of hydrogen-bond donors (Lipinski definition) is 3. The Labute approximate surface area is 111 Å². The molecule has 0 bridgehead atoms. The molecule has 1 aromatic heterocycles. The number of H-pyrrole nitrogens is 1. The van der Waals surface area contributed by atoms with E-state index in [4.69, 9.17) is 5.73 Å². The Kier molecular flexibility index (Phi) is 3.21. The molecule has 1 amide bonds. The first-order chi connectivity index (χ1) is 9.24. The monoisotopic (exact) mass is 258 g/mol. The van der Waals surface area contributed by atoms with Crippen molar-refractivity contribution >= 4 is 16.9 Å². The number of carbonyl (C=O) groups excluding carboxylic acids is 1. The summed E-state index contributed by atoms with van der Waals surface area (Å²) in [6.45, 7) is 0. The normalized spacial score (nSPS) is 23.4. The maximum atomic E-state index is 12.2. The van der Waals surface area contributed by atoms with Gasteiger partial charge in [-0.25, -0.2) is 4.98 Å². The van der Waals surface area contributed by atoms with E-state index in [1.807, 2.05) is 12.1 Å². The van der Waals surface area contributed by atoms with Crippen LogP contribution in [-0.4, -0.2) is 28.0 Å². The molecule has 3 rings (SSSR count). The van der Waals surface area contributed by atoms with Crippen LogP contribution in [0.15, 0.2) is 24.5 Å². The van der Waals surface area contributed by atoms with Crippen LogP contribution in [0.3, 0.4) is 0 Å². The minimum absolute atomic E-state index is 0.0566. The number of aromatic nitrogens is 2. The molecule has 4 N–H and O–H groups in total. The average molecular weight is 258 g/mol. The third-order valence-electron chi connectivity index (χ3n) is 3.82. The van der Waals surface area contributed by atoms with Crippen LogP contribution in [0.2, 0.25) is 0 Å². The zero-order chi connectivity index (χ0) is 13.2. The van der Waals surface area contributed by atoms with Crippen LogP contribution in [-0.2, 0) is 0 Å². The Hall–Kier alpha value is -1.88. The topological polar surface area (TPSA) is 83.8 Å². The highest BCUT2D eigenvalue weighted by atomic mass is 16.1. The summed E-state index contributed by atoms with van der Waals surface area (Å²) < 4.78 is 0. The second kappa shape index (κ2) is 5.01. The van der Waals surface area contributed by atoms with Gasteiger partial charge in [0.25, 0.3) is 5.91 Å². The van der Waals surface area contributed by atoms with Gasteiger partial charge in [0.2, 0.25) is 0 Å². The number of benzene rings is 1. The zero-order valence-corrected chi connectivity index (χ0v) is 10.7. The molecule has 1 aliphatic rings. The molecule has 5 nitrogen and oxygen atoms in total. The lowest BCUT2D eigenvalue weighted by atomic mass is 9.91. The molecular formula is C14H18N4O. The highest BCUT2D eigenvalue weighted by molar-refractivity contribution is 5.97. The molecular weight excluding hydrogens is 240 g/mol. The van der Waals surface area contributed by atoms with E-state index in [2.05, 4.69) is 15.3 Å². The van der Waals surface area contributed by atoms with Crippen molar-refractivity contribution in [3.8, 4) is 0 Å². The minimum atomic E-state index is -0.0566. The standard InChI is InChI=1S/C14H18N4O/c15-10-3-1-2-4-11(10)18-14(19)9-5-6-12-13(7-9)17-8-16-12/h5-8,10-11H,1-4,15H2,(H,16,17)(H,18,19)/t10-,11-/m1/s1. The first kappa shape index (κ1) is 12.2. The van der Waals surface area contributed by atoms with Gasteiger partial charge >= 0.3 is 0 Å². The van der Waals surface area contributed by atoms with E-state index in [0.717, 1.165) is 36.7 Å². The second-order valence-electron chi connectivity index (χ2n) is 5.16. The third kappa shape index (κ3) is 2.46. The molecule has 1 fully saturated rings. The Balaban J connectivity index is 1.75. The number of aromatic amines is 1. The summed E-state index contributed by atoms with van der Waals surface area (Å²) in [7, 11) is 0. The summed E-state index contributed by atoms with van der Waals surface area (Å²) in [6.07, 6.45) is 5.89. The smallest absolute Gasteiger partial charge is 0.251 e. The summed E-state index contributed by atoms with van der Waals surface area (Å²) in [6, 6.07) is 5.65. The number of hydrogen-bond acceptors (Lipinski definition) is 3. The van der Waals surface area contributed by atoms with Gasteiger partial charge in [-0.3, -0.25) is 4.79 Å². The number of rotatable bonds is 2. The molecule has 0 spiro atoms. The first-order valence-electron chi connectivity index (χ1n) is 6.73. The van der Waals surface area contributed by atoms with Crippen molar-refractivity contribution < 1.29 is 4.79 Å². The molecule has 1 heterocycles. The van der Waals surface area contributed by atoms with E-state index in [0.29, 0.717) is 5.56 Å². The fourth-order valence-electron chi connectivity index (χ4n) is 2.67. The Bertz CT molecular complexity index is 592. The molecule has 0 saturated heterocycles. The van der Waals surface area contributed by atoms with Gasteiger partial charge in [-0.2, -0.15) is 0 Å². The van der Waals surface area contributed by atoms with Crippen molar-refractivity contribution in [2.75, 3.05) is 0 Å². The molecule has 0 aliphatic heterocycles. The summed E-state index contributed by atoms with van der Waals surface area (Å²) in [5.74, 6) is -0.0566. The van der Waals surface area contributed by atoms with Crippen molar-refractivity contribution in [1.82, 2.24) is 15.3 Å². The van der Waals surface area contributed by atoms with Crippen LogP contribution < -0.4 is 11.1 Å². The molecule has 19 heavy (non-hydrogen) atoms. The molecule has 100 valence electrons. The van der Waals surface area contributed by atoms with Crippen LogP contribution in [0, 0.1) is 0 Å². The molecule has 0 unspecified atom stereocenters. The van der Waals surface area contributed by atoms with Crippen LogP contribution in [0.25, 0.3) is 11.0 Å². The van der Waals surface area contributed by atoms with Crippen molar-refractivity contribution in [1.29, 1.82) is 0 Å². The molecule has 1 aliphatic carbocycles. The molecule has 1 saturated carbocycles. The first-order valence-corrected chi connectivity index (χ1v) is 6.73. The van der Waals surface area contributed by atoms with E-state index in [-0.39, 0.29) is 18.0 Å².